The molecule has 0 aliphatic rings. The Bertz CT molecular complexity index is 1000. The van der Waals surface area contributed by atoms with Gasteiger partial charge in [0.2, 0.25) is 10.0 Å². The van der Waals surface area contributed by atoms with Crippen LogP contribution in [0.1, 0.15) is 15.9 Å². The Kier molecular flexibility index (Phi) is 5.05. The molecule has 0 spiro atoms. The van der Waals surface area contributed by atoms with Crippen LogP contribution < -0.4 is 10.5 Å². The molecule has 1 aromatic heterocycles. The van der Waals surface area contributed by atoms with Gasteiger partial charge in [0.1, 0.15) is 6.33 Å². The van der Waals surface area contributed by atoms with E-state index in [1.54, 1.807) is 36.4 Å². The summed E-state index contributed by atoms with van der Waals surface area (Å²) < 4.78 is 23.9. The number of rotatable bonds is 6. The second-order valence-electron chi connectivity index (χ2n) is 5.47. The van der Waals surface area contributed by atoms with E-state index in [1.807, 2.05) is 0 Å². The number of para-hydroxylation sites is 1. The molecule has 1 amide bonds. The number of nitrogens with two attached hydrogens (primary N) is 1. The summed E-state index contributed by atoms with van der Waals surface area (Å²) in [6.45, 7) is 0.386. The zero-order valence-corrected chi connectivity index (χ0v) is 14.4. The van der Waals surface area contributed by atoms with Crippen LogP contribution in [0.15, 0.2) is 59.8 Å². The summed E-state index contributed by atoms with van der Waals surface area (Å²) in [5.74, 6) is -0.253. The van der Waals surface area contributed by atoms with E-state index in [-0.39, 0.29) is 10.8 Å². The van der Waals surface area contributed by atoms with Crippen molar-refractivity contribution in [2.45, 2.75) is 11.3 Å². The van der Waals surface area contributed by atoms with Gasteiger partial charge in [0, 0.05) is 6.54 Å². The smallest absolute Gasteiger partial charge is 0.253 e. The van der Waals surface area contributed by atoms with E-state index in [1.165, 1.54) is 23.1 Å². The van der Waals surface area contributed by atoms with Crippen molar-refractivity contribution in [3.63, 3.8) is 0 Å². The monoisotopic (exact) mass is 372 g/mol. The number of sulfonamides is 1. The quantitative estimate of drug-likeness (QED) is 0.639. The Morgan fingerprint density at radius 3 is 2.50 bits per heavy atom. The van der Waals surface area contributed by atoms with Crippen LogP contribution in [0.5, 0.6) is 0 Å². The van der Waals surface area contributed by atoms with Gasteiger partial charge in [-0.15, -0.1) is 5.10 Å². The molecule has 3 rings (SSSR count). The topological polar surface area (TPSA) is 133 Å². The highest BCUT2D eigenvalue weighted by Gasteiger charge is 2.13. The molecule has 3 N–H and O–H groups in total. The van der Waals surface area contributed by atoms with Crippen molar-refractivity contribution >= 4 is 15.9 Å². The zero-order chi connectivity index (χ0) is 18.6. The molecule has 0 aliphatic carbocycles. The maximum absolute atomic E-state index is 12.4. The number of aromatic nitrogens is 4. The second kappa shape index (κ2) is 7.42. The third kappa shape index (κ3) is 4.10. The maximum atomic E-state index is 12.4. The van der Waals surface area contributed by atoms with Crippen molar-refractivity contribution < 1.29 is 13.2 Å². The summed E-state index contributed by atoms with van der Waals surface area (Å²) in [4.78, 5) is 12.5. The van der Waals surface area contributed by atoms with E-state index >= 15 is 0 Å². The molecule has 10 heteroatoms. The molecule has 0 radical (unpaired) electrons. The minimum atomic E-state index is -3.70. The van der Waals surface area contributed by atoms with Gasteiger partial charge in [-0.25, -0.2) is 13.6 Å². The molecule has 0 saturated heterocycles. The van der Waals surface area contributed by atoms with Crippen LogP contribution in [0.25, 0.3) is 5.69 Å². The highest BCUT2D eigenvalue weighted by molar-refractivity contribution is 7.89. The normalized spacial score (nSPS) is 11.3. The van der Waals surface area contributed by atoms with Crippen LogP contribution in [0.2, 0.25) is 0 Å². The first-order chi connectivity index (χ1) is 12.4. The van der Waals surface area contributed by atoms with Gasteiger partial charge in [-0.3, -0.25) is 4.79 Å². The minimum absolute atomic E-state index is 0.0562. The Morgan fingerprint density at radius 2 is 1.85 bits per heavy atom. The number of nitrogens with zero attached hydrogens (tertiary/aromatic N) is 4. The van der Waals surface area contributed by atoms with Gasteiger partial charge in [0.05, 0.1) is 16.1 Å². The molecule has 3 aromatic rings. The number of benzene rings is 2. The van der Waals surface area contributed by atoms with E-state index < -0.39 is 10.0 Å². The number of hydrogen-bond acceptors (Lipinski definition) is 6. The lowest BCUT2D eigenvalue weighted by atomic mass is 10.1. The summed E-state index contributed by atoms with van der Waals surface area (Å²) in [7, 11) is -3.70. The van der Waals surface area contributed by atoms with Gasteiger partial charge in [-0.2, -0.15) is 4.68 Å². The molecule has 0 fully saturated rings. The number of primary sulfonamides is 1. The Morgan fingerprint density at radius 1 is 1.12 bits per heavy atom. The fraction of sp³-hybridized carbons (Fsp3) is 0.125. The molecule has 0 unspecified atom stereocenters. The molecule has 2 aromatic carbocycles. The van der Waals surface area contributed by atoms with Crippen molar-refractivity contribution in [1.29, 1.82) is 0 Å². The van der Waals surface area contributed by atoms with Gasteiger partial charge in [0.15, 0.2) is 0 Å². The van der Waals surface area contributed by atoms with Crippen molar-refractivity contribution in [2.24, 2.45) is 5.14 Å². The average Bonchev–Trinajstić information content (AvgIpc) is 3.16. The average molecular weight is 372 g/mol. The summed E-state index contributed by atoms with van der Waals surface area (Å²) in [6, 6.07) is 13.2. The number of amides is 1. The van der Waals surface area contributed by atoms with Gasteiger partial charge < -0.3 is 5.32 Å². The number of carbonyl (C=O) groups is 1. The van der Waals surface area contributed by atoms with E-state index in [2.05, 4.69) is 20.8 Å². The summed E-state index contributed by atoms with van der Waals surface area (Å²) >= 11 is 0. The Labute approximate surface area is 149 Å². The second-order valence-corrected chi connectivity index (χ2v) is 7.03. The Balaban J connectivity index is 1.63. The molecular formula is C16H16N6O3S. The molecule has 26 heavy (non-hydrogen) atoms. The summed E-state index contributed by atoms with van der Waals surface area (Å²) in [5.41, 5.74) is 1.91. The highest BCUT2D eigenvalue weighted by atomic mass is 32.2. The lowest BCUT2D eigenvalue weighted by Gasteiger charge is -2.09. The predicted molar refractivity (Wildman–Crippen MR) is 93.0 cm³/mol. The lowest BCUT2D eigenvalue weighted by Crippen LogP contribution is -2.27. The molecular weight excluding hydrogens is 356 g/mol. The van der Waals surface area contributed by atoms with Crippen molar-refractivity contribution in [3.8, 4) is 5.69 Å². The third-order valence-corrected chi connectivity index (χ3v) is 4.62. The fourth-order valence-electron chi connectivity index (χ4n) is 2.40. The number of hydrogen-bond donors (Lipinski definition) is 2. The van der Waals surface area contributed by atoms with E-state index in [0.717, 1.165) is 5.56 Å². The zero-order valence-electron chi connectivity index (χ0n) is 13.6. The molecule has 9 nitrogen and oxygen atoms in total. The molecule has 1 heterocycles. The van der Waals surface area contributed by atoms with E-state index in [9.17, 15) is 13.2 Å². The van der Waals surface area contributed by atoms with Crippen molar-refractivity contribution in [3.05, 3.63) is 66.0 Å². The Hall–Kier alpha value is -3.11. The van der Waals surface area contributed by atoms with Gasteiger partial charge in [0.25, 0.3) is 5.91 Å². The number of carbonyl (C=O) groups excluding carboxylic acids is 1. The first-order valence-corrected chi connectivity index (χ1v) is 9.22. The standard InChI is InChI=1S/C16H16N6O3S/c17-26(24,25)13-7-5-12(6-8-13)9-10-18-16(23)14-3-1-2-4-15(14)22-11-19-20-21-22/h1-8,11H,9-10H2,(H,18,23)(H2,17,24,25). The van der Waals surface area contributed by atoms with Gasteiger partial charge >= 0.3 is 0 Å². The highest BCUT2D eigenvalue weighted by Crippen LogP contribution is 2.13. The molecule has 0 bridgehead atoms. The number of nitrogens with one attached hydrogen (secondary N) is 1. The fourth-order valence-corrected chi connectivity index (χ4v) is 2.91. The lowest BCUT2D eigenvalue weighted by molar-refractivity contribution is 0.0954. The van der Waals surface area contributed by atoms with Gasteiger partial charge in [-0.1, -0.05) is 24.3 Å². The maximum Gasteiger partial charge on any atom is 0.253 e. The summed E-state index contributed by atoms with van der Waals surface area (Å²) in [6.07, 6.45) is 1.96. The summed E-state index contributed by atoms with van der Waals surface area (Å²) in [5, 5.41) is 18.8. The molecule has 0 aliphatic heterocycles. The molecule has 134 valence electrons. The van der Waals surface area contributed by atoms with E-state index in [4.69, 9.17) is 5.14 Å². The first-order valence-electron chi connectivity index (χ1n) is 7.67. The SMILES string of the molecule is NS(=O)(=O)c1ccc(CCNC(=O)c2ccccc2-n2cnnn2)cc1. The van der Waals surface area contributed by atoms with Crippen LogP contribution in [0, 0.1) is 0 Å². The first kappa shape index (κ1) is 17.7. The molecule has 0 saturated carbocycles. The largest absolute Gasteiger partial charge is 0.352 e. The van der Waals surface area contributed by atoms with Crippen molar-refractivity contribution in [2.75, 3.05) is 6.54 Å². The van der Waals surface area contributed by atoms with Crippen LogP contribution in [0.3, 0.4) is 0 Å². The van der Waals surface area contributed by atoms with Gasteiger partial charge in [-0.05, 0) is 46.7 Å². The van der Waals surface area contributed by atoms with Crippen LogP contribution >= 0.6 is 0 Å². The predicted octanol–water partition coefficient (Wildman–Crippen LogP) is 0.282. The van der Waals surface area contributed by atoms with Crippen LogP contribution in [-0.4, -0.2) is 41.1 Å². The van der Waals surface area contributed by atoms with Crippen molar-refractivity contribution in [1.82, 2.24) is 25.5 Å². The third-order valence-electron chi connectivity index (χ3n) is 3.70. The molecule has 0 atom stereocenters. The minimum Gasteiger partial charge on any atom is -0.352 e. The van der Waals surface area contributed by atoms with Crippen LogP contribution in [-0.2, 0) is 16.4 Å². The van der Waals surface area contributed by atoms with E-state index in [0.29, 0.717) is 24.2 Å². The van der Waals surface area contributed by atoms with Crippen LogP contribution in [0.4, 0.5) is 0 Å². The number of tetrazole rings is 1.